The predicted octanol–water partition coefficient (Wildman–Crippen LogP) is 4.28. The van der Waals surface area contributed by atoms with Crippen molar-refractivity contribution >= 4 is 0 Å². The Labute approximate surface area is 112 Å². The molecule has 0 spiro atoms. The Bertz CT molecular complexity index is 340. The zero-order chi connectivity index (χ0) is 12.8. The van der Waals surface area contributed by atoms with Crippen LogP contribution in [0.5, 0.6) is 0 Å². The van der Waals surface area contributed by atoms with Gasteiger partial charge in [0.1, 0.15) is 0 Å². The van der Waals surface area contributed by atoms with E-state index in [9.17, 15) is 0 Å². The first-order valence-corrected chi connectivity index (χ1v) is 7.62. The molecule has 0 bridgehead atoms. The Morgan fingerprint density at radius 2 is 1.83 bits per heavy atom. The summed E-state index contributed by atoms with van der Waals surface area (Å²) in [6.07, 6.45) is 7.91. The molecule has 1 saturated carbocycles. The van der Waals surface area contributed by atoms with Crippen LogP contribution in [0.4, 0.5) is 0 Å². The lowest BCUT2D eigenvalue weighted by Gasteiger charge is -2.49. The van der Waals surface area contributed by atoms with Gasteiger partial charge in [-0.15, -0.1) is 0 Å². The minimum Gasteiger partial charge on any atom is -0.313 e. The van der Waals surface area contributed by atoms with Crippen LogP contribution in [-0.2, 0) is 5.41 Å². The first-order valence-electron chi connectivity index (χ1n) is 7.62. The molecule has 1 N–H and O–H groups in total. The van der Waals surface area contributed by atoms with Gasteiger partial charge in [0.25, 0.3) is 0 Å². The van der Waals surface area contributed by atoms with Gasteiger partial charge in [0.15, 0.2) is 0 Å². The van der Waals surface area contributed by atoms with Gasteiger partial charge in [-0.3, -0.25) is 0 Å². The molecule has 0 radical (unpaired) electrons. The molecule has 1 nitrogen and oxygen atoms in total. The molecule has 1 aliphatic rings. The molecule has 2 rings (SSSR count). The first kappa shape index (κ1) is 13.6. The van der Waals surface area contributed by atoms with Gasteiger partial charge in [-0.2, -0.15) is 0 Å². The van der Waals surface area contributed by atoms with Crippen LogP contribution in [0, 0.1) is 0 Å². The highest BCUT2D eigenvalue weighted by atomic mass is 14.9. The molecule has 0 heterocycles. The van der Waals surface area contributed by atoms with Crippen molar-refractivity contribution in [2.24, 2.45) is 0 Å². The SMILES string of the molecule is CCCNC(CCC)C1(c2ccccc2)CCC1. The smallest absolute Gasteiger partial charge is 0.0164 e. The van der Waals surface area contributed by atoms with Crippen LogP contribution >= 0.6 is 0 Å². The van der Waals surface area contributed by atoms with E-state index in [1.54, 1.807) is 5.56 Å². The Morgan fingerprint density at radius 3 is 2.33 bits per heavy atom. The van der Waals surface area contributed by atoms with Gasteiger partial charge in [0.2, 0.25) is 0 Å². The highest BCUT2D eigenvalue weighted by Crippen LogP contribution is 2.47. The van der Waals surface area contributed by atoms with Crippen molar-refractivity contribution < 1.29 is 0 Å². The number of hydrogen-bond acceptors (Lipinski definition) is 1. The van der Waals surface area contributed by atoms with Crippen molar-refractivity contribution in [1.82, 2.24) is 5.32 Å². The van der Waals surface area contributed by atoms with E-state index in [2.05, 4.69) is 49.5 Å². The highest BCUT2D eigenvalue weighted by molar-refractivity contribution is 5.30. The van der Waals surface area contributed by atoms with Gasteiger partial charge in [0.05, 0.1) is 0 Å². The summed E-state index contributed by atoms with van der Waals surface area (Å²) in [4.78, 5) is 0. The van der Waals surface area contributed by atoms with Crippen molar-refractivity contribution in [1.29, 1.82) is 0 Å². The zero-order valence-electron chi connectivity index (χ0n) is 11.9. The summed E-state index contributed by atoms with van der Waals surface area (Å²) in [5, 5.41) is 3.81. The molecule has 0 aliphatic heterocycles. The average molecular weight is 245 g/mol. The van der Waals surface area contributed by atoms with Crippen molar-refractivity contribution in [3.8, 4) is 0 Å². The Hall–Kier alpha value is -0.820. The molecule has 0 amide bonds. The largest absolute Gasteiger partial charge is 0.313 e. The third-order valence-corrected chi connectivity index (χ3v) is 4.48. The molecule has 1 aromatic carbocycles. The maximum absolute atomic E-state index is 3.81. The quantitative estimate of drug-likeness (QED) is 0.756. The van der Waals surface area contributed by atoms with Gasteiger partial charge < -0.3 is 5.32 Å². The van der Waals surface area contributed by atoms with E-state index >= 15 is 0 Å². The van der Waals surface area contributed by atoms with Gasteiger partial charge in [-0.25, -0.2) is 0 Å². The van der Waals surface area contributed by atoms with Gasteiger partial charge in [-0.1, -0.05) is 57.0 Å². The molecule has 0 saturated heterocycles. The van der Waals surface area contributed by atoms with E-state index in [1.807, 2.05) is 0 Å². The minimum atomic E-state index is 0.423. The number of hydrogen-bond donors (Lipinski definition) is 1. The highest BCUT2D eigenvalue weighted by Gasteiger charge is 2.44. The fraction of sp³-hybridized carbons (Fsp3) is 0.647. The molecule has 0 aromatic heterocycles. The van der Waals surface area contributed by atoms with Crippen LogP contribution in [0.1, 0.15) is 57.9 Å². The summed E-state index contributed by atoms with van der Waals surface area (Å²) in [5.74, 6) is 0. The predicted molar refractivity (Wildman–Crippen MR) is 79.0 cm³/mol. The van der Waals surface area contributed by atoms with E-state index in [0.29, 0.717) is 11.5 Å². The molecule has 1 atom stereocenters. The molecule has 100 valence electrons. The van der Waals surface area contributed by atoms with Crippen LogP contribution < -0.4 is 5.32 Å². The monoisotopic (exact) mass is 245 g/mol. The van der Waals surface area contributed by atoms with Crippen LogP contribution in [0.2, 0.25) is 0 Å². The van der Waals surface area contributed by atoms with E-state index < -0.39 is 0 Å². The summed E-state index contributed by atoms with van der Waals surface area (Å²) in [5.41, 5.74) is 1.98. The van der Waals surface area contributed by atoms with Gasteiger partial charge in [0, 0.05) is 11.5 Å². The molecule has 1 aliphatic carbocycles. The number of benzene rings is 1. The van der Waals surface area contributed by atoms with Crippen LogP contribution in [0.25, 0.3) is 0 Å². The first-order chi connectivity index (χ1) is 8.83. The van der Waals surface area contributed by atoms with Crippen molar-refractivity contribution in [2.45, 2.75) is 63.8 Å². The maximum atomic E-state index is 3.81. The maximum Gasteiger partial charge on any atom is 0.0164 e. The molecule has 18 heavy (non-hydrogen) atoms. The standard InChI is InChI=1S/C17H27N/c1-3-9-16(18-14-4-2)17(12-8-13-17)15-10-6-5-7-11-15/h5-7,10-11,16,18H,3-4,8-9,12-14H2,1-2H3. The fourth-order valence-electron chi connectivity index (χ4n) is 3.35. The zero-order valence-corrected chi connectivity index (χ0v) is 11.9. The second-order valence-corrected chi connectivity index (χ2v) is 5.67. The van der Waals surface area contributed by atoms with Crippen molar-refractivity contribution in [2.75, 3.05) is 6.54 Å². The summed E-state index contributed by atoms with van der Waals surface area (Å²) in [7, 11) is 0. The summed E-state index contributed by atoms with van der Waals surface area (Å²) in [6, 6.07) is 11.8. The Kier molecular flexibility index (Phi) is 4.82. The molecular formula is C17H27N. The molecule has 1 heteroatoms. The van der Waals surface area contributed by atoms with E-state index in [4.69, 9.17) is 0 Å². The van der Waals surface area contributed by atoms with Gasteiger partial charge in [-0.05, 0) is 37.8 Å². The third-order valence-electron chi connectivity index (χ3n) is 4.48. The van der Waals surface area contributed by atoms with Crippen molar-refractivity contribution in [3.05, 3.63) is 35.9 Å². The van der Waals surface area contributed by atoms with Crippen LogP contribution in [0.3, 0.4) is 0 Å². The second-order valence-electron chi connectivity index (χ2n) is 5.67. The molecular weight excluding hydrogens is 218 g/mol. The lowest BCUT2D eigenvalue weighted by molar-refractivity contribution is 0.161. The Balaban J connectivity index is 2.18. The number of rotatable bonds is 7. The average Bonchev–Trinajstić information content (AvgIpc) is 2.36. The topological polar surface area (TPSA) is 12.0 Å². The lowest BCUT2D eigenvalue weighted by Crippen LogP contribution is -2.52. The Morgan fingerprint density at radius 1 is 1.11 bits per heavy atom. The lowest BCUT2D eigenvalue weighted by atomic mass is 9.59. The van der Waals surface area contributed by atoms with Crippen LogP contribution in [0.15, 0.2) is 30.3 Å². The van der Waals surface area contributed by atoms with Crippen LogP contribution in [-0.4, -0.2) is 12.6 Å². The molecule has 1 aromatic rings. The minimum absolute atomic E-state index is 0.423. The summed E-state index contributed by atoms with van der Waals surface area (Å²) >= 11 is 0. The third kappa shape index (κ3) is 2.61. The summed E-state index contributed by atoms with van der Waals surface area (Å²) < 4.78 is 0. The van der Waals surface area contributed by atoms with E-state index in [-0.39, 0.29) is 0 Å². The summed E-state index contributed by atoms with van der Waals surface area (Å²) in [6.45, 7) is 5.71. The molecule has 1 unspecified atom stereocenters. The van der Waals surface area contributed by atoms with Crippen molar-refractivity contribution in [3.63, 3.8) is 0 Å². The fourth-order valence-corrected chi connectivity index (χ4v) is 3.35. The normalized spacial score (nSPS) is 19.2. The molecule has 1 fully saturated rings. The second kappa shape index (κ2) is 6.38. The van der Waals surface area contributed by atoms with Gasteiger partial charge >= 0.3 is 0 Å². The number of nitrogens with one attached hydrogen (secondary N) is 1. The van der Waals surface area contributed by atoms with E-state index in [0.717, 1.165) is 6.54 Å². The van der Waals surface area contributed by atoms with E-state index in [1.165, 1.54) is 38.5 Å².